The van der Waals surface area contributed by atoms with Crippen molar-refractivity contribution >= 4 is 0 Å². The van der Waals surface area contributed by atoms with Gasteiger partial charge in [0.15, 0.2) is 0 Å². The van der Waals surface area contributed by atoms with Crippen molar-refractivity contribution in [1.29, 1.82) is 0 Å². The van der Waals surface area contributed by atoms with Crippen molar-refractivity contribution in [3.05, 3.63) is 48.2 Å². The fourth-order valence-corrected chi connectivity index (χ4v) is 1.31. The third-order valence-corrected chi connectivity index (χ3v) is 2.13. The normalized spacial score (nSPS) is 11.3. The lowest BCUT2D eigenvalue weighted by Gasteiger charge is -2.11. The van der Waals surface area contributed by atoms with Gasteiger partial charge in [-0.05, 0) is 36.4 Å². The third-order valence-electron chi connectivity index (χ3n) is 2.13. The van der Waals surface area contributed by atoms with Crippen molar-refractivity contribution < 1.29 is 23.0 Å². The summed E-state index contributed by atoms with van der Waals surface area (Å²) in [5.41, 5.74) is -0.946. The number of benzene rings is 1. The summed E-state index contributed by atoms with van der Waals surface area (Å²) >= 11 is 0. The molecule has 0 saturated carbocycles. The van der Waals surface area contributed by atoms with Gasteiger partial charge in [-0.15, -0.1) is 0 Å². The average Bonchev–Trinajstić information content (AvgIpc) is 2.31. The molecule has 0 atom stereocenters. The Morgan fingerprint density at radius 2 is 1.72 bits per heavy atom. The van der Waals surface area contributed by atoms with Gasteiger partial charge in [-0.2, -0.15) is 13.2 Å². The highest BCUT2D eigenvalue weighted by molar-refractivity contribution is 5.36. The number of phenols is 1. The Labute approximate surface area is 100 Å². The SMILES string of the molecule is Oc1ccc(Oc2ncccc2C(F)(F)F)cc1. The van der Waals surface area contributed by atoms with E-state index in [0.717, 1.165) is 6.07 Å². The molecular weight excluding hydrogens is 247 g/mol. The van der Waals surface area contributed by atoms with Gasteiger partial charge >= 0.3 is 6.18 Å². The quantitative estimate of drug-likeness (QED) is 0.891. The molecule has 0 saturated heterocycles. The standard InChI is InChI=1S/C12H8F3NO2/c13-12(14,15)10-2-1-7-16-11(10)18-9-5-3-8(17)4-6-9/h1-7,17H. The van der Waals surface area contributed by atoms with Crippen molar-refractivity contribution in [2.75, 3.05) is 0 Å². The van der Waals surface area contributed by atoms with E-state index in [1.54, 1.807) is 0 Å². The highest BCUT2D eigenvalue weighted by Crippen LogP contribution is 2.36. The van der Waals surface area contributed by atoms with Crippen LogP contribution < -0.4 is 4.74 Å². The number of phenolic OH excluding ortho intramolecular Hbond substituents is 1. The molecule has 0 amide bonds. The molecule has 3 nitrogen and oxygen atoms in total. The molecule has 0 unspecified atom stereocenters. The van der Waals surface area contributed by atoms with Crippen molar-refractivity contribution in [1.82, 2.24) is 4.98 Å². The number of pyridine rings is 1. The van der Waals surface area contributed by atoms with E-state index in [1.165, 1.54) is 36.5 Å². The number of aromatic nitrogens is 1. The Morgan fingerprint density at radius 3 is 2.33 bits per heavy atom. The predicted octanol–water partition coefficient (Wildman–Crippen LogP) is 3.60. The molecule has 0 spiro atoms. The van der Waals surface area contributed by atoms with Gasteiger partial charge in [0.2, 0.25) is 5.88 Å². The Hall–Kier alpha value is -2.24. The first-order valence-corrected chi connectivity index (χ1v) is 4.96. The monoisotopic (exact) mass is 255 g/mol. The lowest BCUT2D eigenvalue weighted by Crippen LogP contribution is -2.07. The van der Waals surface area contributed by atoms with Crippen LogP contribution in [-0.2, 0) is 6.18 Å². The molecule has 0 aliphatic heterocycles. The number of halogens is 3. The van der Waals surface area contributed by atoms with Crippen LogP contribution >= 0.6 is 0 Å². The fraction of sp³-hybridized carbons (Fsp3) is 0.0833. The van der Waals surface area contributed by atoms with Crippen molar-refractivity contribution in [3.63, 3.8) is 0 Å². The van der Waals surface area contributed by atoms with Crippen LogP contribution in [0.4, 0.5) is 13.2 Å². The molecule has 1 N–H and O–H groups in total. The van der Waals surface area contributed by atoms with Gasteiger partial charge < -0.3 is 9.84 Å². The van der Waals surface area contributed by atoms with Crippen LogP contribution in [0.3, 0.4) is 0 Å². The van der Waals surface area contributed by atoms with Gasteiger partial charge in [-0.25, -0.2) is 4.98 Å². The molecule has 0 radical (unpaired) electrons. The molecule has 0 fully saturated rings. The van der Waals surface area contributed by atoms with Crippen LogP contribution in [0.25, 0.3) is 0 Å². The van der Waals surface area contributed by atoms with Crippen LogP contribution in [0.2, 0.25) is 0 Å². The lowest BCUT2D eigenvalue weighted by atomic mass is 10.2. The molecule has 1 aromatic carbocycles. The van der Waals surface area contributed by atoms with Crippen LogP contribution in [0.5, 0.6) is 17.4 Å². The maximum absolute atomic E-state index is 12.7. The number of ether oxygens (including phenoxy) is 1. The summed E-state index contributed by atoms with van der Waals surface area (Å²) < 4.78 is 43.0. The molecule has 2 rings (SSSR count). The summed E-state index contributed by atoms with van der Waals surface area (Å²) in [6, 6.07) is 7.40. The van der Waals surface area contributed by atoms with Gasteiger partial charge in [0.1, 0.15) is 17.1 Å². The van der Waals surface area contributed by atoms with Crippen molar-refractivity contribution in [2.45, 2.75) is 6.18 Å². The smallest absolute Gasteiger partial charge is 0.421 e. The van der Waals surface area contributed by atoms with E-state index >= 15 is 0 Å². The Bertz CT molecular complexity index is 538. The van der Waals surface area contributed by atoms with Gasteiger partial charge in [0.05, 0.1) is 0 Å². The summed E-state index contributed by atoms with van der Waals surface area (Å²) in [6.07, 6.45) is -3.31. The minimum Gasteiger partial charge on any atom is -0.508 e. The Kier molecular flexibility index (Phi) is 3.10. The van der Waals surface area contributed by atoms with E-state index in [0.29, 0.717) is 0 Å². The zero-order valence-electron chi connectivity index (χ0n) is 8.98. The zero-order chi connectivity index (χ0) is 13.2. The van der Waals surface area contributed by atoms with E-state index in [2.05, 4.69) is 4.98 Å². The largest absolute Gasteiger partial charge is 0.508 e. The first-order chi connectivity index (χ1) is 8.47. The molecule has 1 aromatic heterocycles. The number of hydrogen-bond donors (Lipinski definition) is 1. The second-order valence-corrected chi connectivity index (χ2v) is 3.45. The van der Waals surface area contributed by atoms with E-state index in [9.17, 15) is 13.2 Å². The number of aromatic hydroxyl groups is 1. The van der Waals surface area contributed by atoms with Crippen LogP contribution in [0, 0.1) is 0 Å². The molecule has 2 aromatic rings. The second-order valence-electron chi connectivity index (χ2n) is 3.45. The van der Waals surface area contributed by atoms with Gasteiger partial charge in [-0.3, -0.25) is 0 Å². The maximum atomic E-state index is 12.7. The summed E-state index contributed by atoms with van der Waals surface area (Å²) in [6.45, 7) is 0. The molecule has 0 bridgehead atoms. The van der Waals surface area contributed by atoms with E-state index in [4.69, 9.17) is 9.84 Å². The summed E-state index contributed by atoms with van der Waals surface area (Å²) in [5.74, 6) is -0.355. The van der Waals surface area contributed by atoms with Gasteiger partial charge in [0.25, 0.3) is 0 Å². The first kappa shape index (κ1) is 12.2. The summed E-state index contributed by atoms with van der Waals surface area (Å²) in [5, 5.41) is 9.06. The predicted molar refractivity (Wildman–Crippen MR) is 57.4 cm³/mol. The molecular formula is C12H8F3NO2. The maximum Gasteiger partial charge on any atom is 0.421 e. The molecule has 94 valence electrons. The summed E-state index contributed by atoms with van der Waals surface area (Å²) in [7, 11) is 0. The van der Waals surface area contributed by atoms with E-state index < -0.39 is 17.6 Å². The minimum absolute atomic E-state index is 0.000541. The highest BCUT2D eigenvalue weighted by atomic mass is 19.4. The third kappa shape index (κ3) is 2.71. The van der Waals surface area contributed by atoms with Gasteiger partial charge in [-0.1, -0.05) is 0 Å². The van der Waals surface area contributed by atoms with E-state index in [-0.39, 0.29) is 11.5 Å². The highest BCUT2D eigenvalue weighted by Gasteiger charge is 2.35. The lowest BCUT2D eigenvalue weighted by molar-refractivity contribution is -0.138. The molecule has 18 heavy (non-hydrogen) atoms. The number of alkyl halides is 3. The molecule has 0 aliphatic carbocycles. The zero-order valence-corrected chi connectivity index (χ0v) is 8.98. The van der Waals surface area contributed by atoms with Crippen LogP contribution in [0.15, 0.2) is 42.6 Å². The fourth-order valence-electron chi connectivity index (χ4n) is 1.31. The van der Waals surface area contributed by atoms with Crippen LogP contribution in [0.1, 0.15) is 5.56 Å². The number of nitrogens with zero attached hydrogens (tertiary/aromatic N) is 1. The number of rotatable bonds is 2. The average molecular weight is 255 g/mol. The number of hydrogen-bond acceptors (Lipinski definition) is 3. The Balaban J connectivity index is 2.32. The molecule has 0 aliphatic rings. The topological polar surface area (TPSA) is 42.4 Å². The second kappa shape index (κ2) is 4.56. The van der Waals surface area contributed by atoms with Crippen molar-refractivity contribution in [3.8, 4) is 17.4 Å². The molecule has 6 heteroatoms. The van der Waals surface area contributed by atoms with Crippen molar-refractivity contribution in [2.24, 2.45) is 0 Å². The molecule has 1 heterocycles. The van der Waals surface area contributed by atoms with Crippen LogP contribution in [-0.4, -0.2) is 10.1 Å². The summed E-state index contributed by atoms with van der Waals surface area (Å²) in [4.78, 5) is 3.56. The van der Waals surface area contributed by atoms with E-state index in [1.807, 2.05) is 0 Å². The minimum atomic E-state index is -4.53. The first-order valence-electron chi connectivity index (χ1n) is 4.96. The van der Waals surface area contributed by atoms with Gasteiger partial charge in [0, 0.05) is 6.20 Å². The Morgan fingerprint density at radius 1 is 1.06 bits per heavy atom.